The van der Waals surface area contributed by atoms with Crippen molar-refractivity contribution in [2.75, 3.05) is 0 Å². The van der Waals surface area contributed by atoms with Crippen molar-refractivity contribution in [3.63, 3.8) is 0 Å². The van der Waals surface area contributed by atoms with Gasteiger partial charge in [-0.05, 0) is 73.2 Å². The minimum atomic E-state index is 0. The number of aryl methyl sites for hydroxylation is 2. The second-order valence-electron chi connectivity index (χ2n) is 13.5. The molecule has 0 aliphatic heterocycles. The molecular formula is C53H38IrN3. The zero-order valence-corrected chi connectivity index (χ0v) is 34.0. The number of benzene rings is 7. The number of aromatic nitrogens is 3. The maximum atomic E-state index is 4.70. The molecule has 0 saturated heterocycles. The van der Waals surface area contributed by atoms with E-state index in [-0.39, 0.29) is 20.1 Å². The predicted octanol–water partition coefficient (Wildman–Crippen LogP) is 13.4. The van der Waals surface area contributed by atoms with Crippen LogP contribution in [0.1, 0.15) is 11.1 Å². The number of nitrogens with zero attached hydrogens (tertiary/aromatic N) is 3. The molecule has 0 bridgehead atoms. The van der Waals surface area contributed by atoms with Crippen LogP contribution in [0.4, 0.5) is 0 Å². The van der Waals surface area contributed by atoms with E-state index in [1.165, 1.54) is 49.0 Å². The Kier molecular flexibility index (Phi) is 12.5. The summed E-state index contributed by atoms with van der Waals surface area (Å²) in [5.41, 5.74) is 10.8. The molecule has 4 heteroatoms. The maximum absolute atomic E-state index is 4.70. The molecule has 0 N–H and O–H groups in total. The number of hydrogen-bond acceptors (Lipinski definition) is 3. The second-order valence-corrected chi connectivity index (χ2v) is 13.5. The monoisotopic (exact) mass is 909 g/mol. The largest absolute Gasteiger partial charge is 3.00 e. The molecule has 0 spiro atoms. The summed E-state index contributed by atoms with van der Waals surface area (Å²) in [6, 6.07) is 69.8. The van der Waals surface area contributed by atoms with Gasteiger partial charge >= 0.3 is 20.1 Å². The molecule has 57 heavy (non-hydrogen) atoms. The first-order valence-electron chi connectivity index (χ1n) is 18.7. The Morgan fingerprint density at radius 2 is 1.05 bits per heavy atom. The van der Waals surface area contributed by atoms with Gasteiger partial charge < -0.3 is 15.0 Å². The van der Waals surface area contributed by atoms with Gasteiger partial charge in [0.2, 0.25) is 0 Å². The van der Waals surface area contributed by atoms with Gasteiger partial charge in [-0.2, -0.15) is 0 Å². The van der Waals surface area contributed by atoms with Gasteiger partial charge in [0.05, 0.1) is 0 Å². The van der Waals surface area contributed by atoms with Crippen molar-refractivity contribution in [2.24, 2.45) is 0 Å². The Morgan fingerprint density at radius 1 is 0.404 bits per heavy atom. The molecule has 10 aromatic rings. The van der Waals surface area contributed by atoms with Crippen molar-refractivity contribution in [1.29, 1.82) is 0 Å². The van der Waals surface area contributed by atoms with Gasteiger partial charge in [-0.1, -0.05) is 117 Å². The van der Waals surface area contributed by atoms with Gasteiger partial charge in [-0.25, -0.2) is 0 Å². The fourth-order valence-corrected chi connectivity index (χ4v) is 7.01. The van der Waals surface area contributed by atoms with Crippen LogP contribution in [0, 0.1) is 32.0 Å². The Balaban J connectivity index is 0.000000139. The molecule has 0 aliphatic carbocycles. The molecule has 3 heterocycles. The zero-order chi connectivity index (χ0) is 38.1. The van der Waals surface area contributed by atoms with E-state index in [0.717, 1.165) is 39.3 Å². The predicted molar refractivity (Wildman–Crippen MR) is 233 cm³/mol. The van der Waals surface area contributed by atoms with E-state index >= 15 is 0 Å². The van der Waals surface area contributed by atoms with E-state index in [4.69, 9.17) is 4.98 Å². The summed E-state index contributed by atoms with van der Waals surface area (Å²) in [5, 5.41) is 7.55. The van der Waals surface area contributed by atoms with Crippen LogP contribution >= 0.6 is 0 Å². The molecular weight excluding hydrogens is 871 g/mol. The van der Waals surface area contributed by atoms with Gasteiger partial charge in [0.15, 0.2) is 0 Å². The van der Waals surface area contributed by atoms with Crippen LogP contribution in [-0.4, -0.2) is 15.0 Å². The van der Waals surface area contributed by atoms with Gasteiger partial charge in [0.1, 0.15) is 0 Å². The first-order valence-corrected chi connectivity index (χ1v) is 18.7. The van der Waals surface area contributed by atoms with E-state index in [9.17, 15) is 0 Å². The second kappa shape index (κ2) is 18.4. The molecule has 3 aromatic heterocycles. The van der Waals surface area contributed by atoms with Crippen LogP contribution in [0.3, 0.4) is 0 Å². The first-order chi connectivity index (χ1) is 27.6. The topological polar surface area (TPSA) is 38.7 Å². The fraction of sp³-hybridized carbons (Fsp3) is 0.0377. The quantitative estimate of drug-likeness (QED) is 0.130. The Morgan fingerprint density at radius 3 is 1.79 bits per heavy atom. The summed E-state index contributed by atoms with van der Waals surface area (Å²) >= 11 is 0. The Bertz CT molecular complexity index is 2750. The Hall–Kier alpha value is -6.58. The molecule has 0 radical (unpaired) electrons. The number of fused-ring (bicyclic) bond motifs is 5. The minimum absolute atomic E-state index is 0. The van der Waals surface area contributed by atoms with E-state index in [1.807, 2.05) is 91.1 Å². The number of hydrogen-bond donors (Lipinski definition) is 0. The van der Waals surface area contributed by atoms with Gasteiger partial charge in [0, 0.05) is 18.6 Å². The van der Waals surface area contributed by atoms with Crippen LogP contribution in [0.5, 0.6) is 0 Å². The molecule has 274 valence electrons. The van der Waals surface area contributed by atoms with E-state index in [0.29, 0.717) is 0 Å². The maximum Gasteiger partial charge on any atom is 3.00 e. The third-order valence-corrected chi connectivity index (χ3v) is 9.57. The van der Waals surface area contributed by atoms with E-state index in [1.54, 1.807) is 12.4 Å². The van der Waals surface area contributed by atoms with Crippen molar-refractivity contribution in [2.45, 2.75) is 13.8 Å². The molecule has 10 rings (SSSR count). The zero-order valence-electron chi connectivity index (χ0n) is 31.7. The molecule has 3 nitrogen and oxygen atoms in total. The van der Waals surface area contributed by atoms with Crippen molar-refractivity contribution < 1.29 is 20.1 Å². The van der Waals surface area contributed by atoms with Crippen LogP contribution in [0.2, 0.25) is 0 Å². The molecule has 0 saturated carbocycles. The van der Waals surface area contributed by atoms with Crippen molar-refractivity contribution in [1.82, 2.24) is 15.0 Å². The summed E-state index contributed by atoms with van der Waals surface area (Å²) in [7, 11) is 0. The van der Waals surface area contributed by atoms with Gasteiger partial charge in [-0.15, -0.1) is 106 Å². The summed E-state index contributed by atoms with van der Waals surface area (Å²) in [6.07, 6.45) is 5.51. The molecule has 0 fully saturated rings. The summed E-state index contributed by atoms with van der Waals surface area (Å²) in [5.74, 6) is 0. The van der Waals surface area contributed by atoms with E-state index in [2.05, 4.69) is 133 Å². The average molecular weight is 909 g/mol. The van der Waals surface area contributed by atoms with Crippen molar-refractivity contribution >= 4 is 32.3 Å². The fourth-order valence-electron chi connectivity index (χ4n) is 7.01. The van der Waals surface area contributed by atoms with Crippen LogP contribution in [0.15, 0.2) is 195 Å². The van der Waals surface area contributed by atoms with Crippen molar-refractivity contribution in [3.8, 4) is 44.9 Å². The Labute approximate surface area is 348 Å². The molecule has 0 aliphatic rings. The third kappa shape index (κ3) is 9.11. The smallest absolute Gasteiger partial charge is 0.305 e. The first kappa shape index (κ1) is 38.7. The summed E-state index contributed by atoms with van der Waals surface area (Å²) < 4.78 is 0. The van der Waals surface area contributed by atoms with E-state index < -0.39 is 0 Å². The van der Waals surface area contributed by atoms with Crippen LogP contribution in [-0.2, 0) is 20.1 Å². The molecule has 0 atom stereocenters. The summed E-state index contributed by atoms with van der Waals surface area (Å²) in [4.78, 5) is 13.3. The normalized spacial score (nSPS) is 10.5. The molecule has 0 amide bonds. The minimum Gasteiger partial charge on any atom is -0.305 e. The number of rotatable bonds is 4. The third-order valence-electron chi connectivity index (χ3n) is 9.57. The molecule has 0 unspecified atom stereocenters. The van der Waals surface area contributed by atoms with Crippen LogP contribution < -0.4 is 0 Å². The SMILES string of the molecule is Cc1[c-]c(-c2nccc3c2ccc2c4ccccc4ccc32)cc(C)c1.[Ir+3].[c-]1ccc(-c2ccccc2)cc1-c1ccccn1.[c-]1ccccc1-c1ccccn1. The summed E-state index contributed by atoms with van der Waals surface area (Å²) in [6.45, 7) is 4.21. The van der Waals surface area contributed by atoms with Crippen LogP contribution in [0.25, 0.3) is 77.2 Å². The molecule has 7 aromatic carbocycles. The average Bonchev–Trinajstić information content (AvgIpc) is 3.27. The van der Waals surface area contributed by atoms with Gasteiger partial charge in [0.25, 0.3) is 0 Å². The number of pyridine rings is 3. The van der Waals surface area contributed by atoms with Crippen molar-refractivity contribution in [3.05, 3.63) is 224 Å². The van der Waals surface area contributed by atoms with Gasteiger partial charge in [-0.3, -0.25) is 0 Å². The standard InChI is InChI=1S/C25H18N.C17H12N.C11H8N.Ir/c1-16-13-17(2)15-19(14-16)25-24-10-9-21-20-6-4-3-5-18(20)7-8-22(21)23(24)11-12-26-25;1-2-7-14(8-3-1)15-9-6-10-16(13-15)17-11-4-5-12-18-17;1-2-6-10(7-3-1)11-8-4-5-9-12-11;/h3-14H,1-2H3;1-9,11-13H;1-6,8-9H;/q3*-1;+3.